The van der Waals surface area contributed by atoms with E-state index in [2.05, 4.69) is 9.97 Å². The highest BCUT2D eigenvalue weighted by molar-refractivity contribution is 7.92. The molecule has 0 aliphatic carbocycles. The van der Waals surface area contributed by atoms with Gasteiger partial charge in [-0.3, -0.25) is 9.78 Å². The second-order valence-electron chi connectivity index (χ2n) is 7.27. The molecule has 3 heterocycles. The molecule has 2 aromatic heterocycles. The molecule has 0 unspecified atom stereocenters. The molecule has 9 heteroatoms. The Hall–Kier alpha value is -3.07. The molecule has 0 bridgehead atoms. The highest BCUT2D eigenvalue weighted by Crippen LogP contribution is 2.20. The Morgan fingerprint density at radius 1 is 0.906 bits per heavy atom. The summed E-state index contributed by atoms with van der Waals surface area (Å²) in [4.78, 5) is 22.5. The van der Waals surface area contributed by atoms with E-state index in [9.17, 15) is 13.2 Å². The molecular formula is C23H21ClN4O3S. The van der Waals surface area contributed by atoms with Gasteiger partial charge < -0.3 is 4.90 Å². The number of halogens is 1. The molecule has 3 aromatic rings. The highest BCUT2D eigenvalue weighted by atomic mass is 35.5. The fourth-order valence-electron chi connectivity index (χ4n) is 3.41. The third-order valence-corrected chi connectivity index (χ3v) is 7.00. The second kappa shape index (κ2) is 9.60. The molecule has 1 fully saturated rings. The normalized spacial score (nSPS) is 15.2. The van der Waals surface area contributed by atoms with Crippen molar-refractivity contribution in [2.24, 2.45) is 0 Å². The number of aromatic nitrogens is 2. The van der Waals surface area contributed by atoms with E-state index in [1.165, 1.54) is 16.6 Å². The fourth-order valence-corrected chi connectivity index (χ4v) is 4.70. The first-order chi connectivity index (χ1) is 15.4. The van der Waals surface area contributed by atoms with Crippen molar-refractivity contribution in [3.63, 3.8) is 0 Å². The van der Waals surface area contributed by atoms with Gasteiger partial charge in [0.15, 0.2) is 0 Å². The number of hydrogen-bond donors (Lipinski definition) is 0. The SMILES string of the molecule is O=C(c1ccc(-c2ccncc2)cc1)N1CCN(S(=O)(=O)/C=C/c2ccc(Cl)nc2)CC1. The summed E-state index contributed by atoms with van der Waals surface area (Å²) in [5, 5.41) is 1.51. The second-order valence-corrected chi connectivity index (χ2v) is 9.47. The first-order valence-electron chi connectivity index (χ1n) is 10.0. The molecule has 1 amide bonds. The predicted molar refractivity (Wildman–Crippen MR) is 124 cm³/mol. The number of hydrogen-bond acceptors (Lipinski definition) is 5. The number of sulfonamides is 1. The number of carbonyl (C=O) groups excluding carboxylic acids is 1. The molecule has 1 aromatic carbocycles. The van der Waals surface area contributed by atoms with Crippen molar-refractivity contribution in [3.8, 4) is 11.1 Å². The number of pyridine rings is 2. The van der Waals surface area contributed by atoms with E-state index in [4.69, 9.17) is 11.6 Å². The first-order valence-corrected chi connectivity index (χ1v) is 11.9. The van der Waals surface area contributed by atoms with Crippen molar-refractivity contribution < 1.29 is 13.2 Å². The molecule has 7 nitrogen and oxygen atoms in total. The smallest absolute Gasteiger partial charge is 0.253 e. The Kier molecular flexibility index (Phi) is 6.64. The molecule has 164 valence electrons. The van der Waals surface area contributed by atoms with Crippen molar-refractivity contribution in [2.45, 2.75) is 0 Å². The Morgan fingerprint density at radius 3 is 2.19 bits per heavy atom. The van der Waals surface area contributed by atoms with E-state index in [-0.39, 0.29) is 19.0 Å². The minimum atomic E-state index is -3.59. The average molecular weight is 469 g/mol. The lowest BCUT2D eigenvalue weighted by molar-refractivity contribution is 0.0698. The van der Waals surface area contributed by atoms with Gasteiger partial charge in [0.2, 0.25) is 10.0 Å². The fraction of sp³-hybridized carbons (Fsp3) is 0.174. The van der Waals surface area contributed by atoms with Gasteiger partial charge in [-0.2, -0.15) is 4.31 Å². The quantitative estimate of drug-likeness (QED) is 0.535. The maximum atomic E-state index is 12.9. The van der Waals surface area contributed by atoms with Gasteiger partial charge in [0.1, 0.15) is 5.15 Å². The number of amides is 1. The standard InChI is InChI=1S/C23H21ClN4O3S/c24-22-6-1-18(17-26-22)9-16-32(30,31)28-14-12-27(13-15-28)23(29)21-4-2-19(3-5-21)20-7-10-25-11-8-20/h1-11,16-17H,12-15H2/b16-9+. The lowest BCUT2D eigenvalue weighted by Crippen LogP contribution is -2.50. The Morgan fingerprint density at radius 2 is 1.56 bits per heavy atom. The summed E-state index contributed by atoms with van der Waals surface area (Å²) in [7, 11) is -3.59. The van der Waals surface area contributed by atoms with Gasteiger partial charge in [0.25, 0.3) is 5.91 Å². The van der Waals surface area contributed by atoms with Gasteiger partial charge >= 0.3 is 0 Å². The summed E-state index contributed by atoms with van der Waals surface area (Å²) in [6.07, 6.45) is 6.44. The molecule has 0 spiro atoms. The number of carbonyl (C=O) groups is 1. The zero-order chi connectivity index (χ0) is 22.6. The third kappa shape index (κ3) is 5.21. The van der Waals surface area contributed by atoms with Gasteiger partial charge in [0, 0.05) is 55.7 Å². The van der Waals surface area contributed by atoms with E-state index < -0.39 is 10.0 Å². The van der Waals surface area contributed by atoms with Crippen molar-refractivity contribution in [1.29, 1.82) is 0 Å². The van der Waals surface area contributed by atoms with Crippen LogP contribution in [0.25, 0.3) is 17.2 Å². The van der Waals surface area contributed by atoms with Crippen LogP contribution >= 0.6 is 11.6 Å². The van der Waals surface area contributed by atoms with Crippen LogP contribution in [0.3, 0.4) is 0 Å². The van der Waals surface area contributed by atoms with Crippen LogP contribution in [0.2, 0.25) is 5.15 Å². The van der Waals surface area contributed by atoms with Crippen molar-refractivity contribution in [3.05, 3.63) is 88.8 Å². The van der Waals surface area contributed by atoms with Crippen molar-refractivity contribution in [1.82, 2.24) is 19.2 Å². The number of nitrogens with zero attached hydrogens (tertiary/aromatic N) is 4. The first kappa shape index (κ1) is 22.1. The third-order valence-electron chi connectivity index (χ3n) is 5.21. The van der Waals surface area contributed by atoms with E-state index in [0.717, 1.165) is 16.5 Å². The molecular weight excluding hydrogens is 448 g/mol. The zero-order valence-corrected chi connectivity index (χ0v) is 18.7. The van der Waals surface area contributed by atoms with E-state index in [1.54, 1.807) is 41.6 Å². The number of rotatable bonds is 5. The van der Waals surface area contributed by atoms with Gasteiger partial charge in [0.05, 0.1) is 0 Å². The van der Waals surface area contributed by atoms with Gasteiger partial charge in [-0.05, 0) is 53.1 Å². The molecule has 0 saturated carbocycles. The van der Waals surface area contributed by atoms with Gasteiger partial charge in [-0.1, -0.05) is 29.8 Å². The average Bonchev–Trinajstić information content (AvgIpc) is 2.84. The monoisotopic (exact) mass is 468 g/mol. The minimum absolute atomic E-state index is 0.105. The summed E-state index contributed by atoms with van der Waals surface area (Å²) in [6.45, 7) is 1.15. The number of benzene rings is 1. The summed E-state index contributed by atoms with van der Waals surface area (Å²) in [5.41, 5.74) is 3.25. The summed E-state index contributed by atoms with van der Waals surface area (Å²) >= 11 is 5.75. The van der Waals surface area contributed by atoms with Gasteiger partial charge in [-0.25, -0.2) is 13.4 Å². The molecule has 0 N–H and O–H groups in total. The van der Waals surface area contributed by atoms with Crippen LogP contribution < -0.4 is 0 Å². The minimum Gasteiger partial charge on any atom is -0.336 e. The molecule has 1 aliphatic heterocycles. The van der Waals surface area contributed by atoms with Gasteiger partial charge in [-0.15, -0.1) is 0 Å². The lowest BCUT2D eigenvalue weighted by atomic mass is 10.0. The maximum absolute atomic E-state index is 12.9. The summed E-state index contributed by atoms with van der Waals surface area (Å²) < 4.78 is 26.6. The van der Waals surface area contributed by atoms with Crippen LogP contribution in [0.15, 0.2) is 72.5 Å². The van der Waals surface area contributed by atoms with E-state index >= 15 is 0 Å². The van der Waals surface area contributed by atoms with Crippen LogP contribution in [0.4, 0.5) is 0 Å². The van der Waals surface area contributed by atoms with E-state index in [0.29, 0.717) is 29.4 Å². The topological polar surface area (TPSA) is 83.5 Å². The van der Waals surface area contributed by atoms with Crippen molar-refractivity contribution in [2.75, 3.05) is 26.2 Å². The lowest BCUT2D eigenvalue weighted by Gasteiger charge is -2.33. The predicted octanol–water partition coefficient (Wildman–Crippen LogP) is 3.56. The molecule has 1 aliphatic rings. The van der Waals surface area contributed by atoms with Crippen LogP contribution in [-0.4, -0.2) is 59.7 Å². The molecule has 1 saturated heterocycles. The molecule has 32 heavy (non-hydrogen) atoms. The Labute approximate surface area is 192 Å². The number of piperazine rings is 1. The Balaban J connectivity index is 1.36. The van der Waals surface area contributed by atoms with Crippen LogP contribution in [0.1, 0.15) is 15.9 Å². The van der Waals surface area contributed by atoms with E-state index in [1.807, 2.05) is 24.3 Å². The van der Waals surface area contributed by atoms with Crippen LogP contribution in [0, 0.1) is 0 Å². The molecule has 0 radical (unpaired) electrons. The highest BCUT2D eigenvalue weighted by Gasteiger charge is 2.27. The summed E-state index contributed by atoms with van der Waals surface area (Å²) in [5.74, 6) is -0.105. The maximum Gasteiger partial charge on any atom is 0.253 e. The zero-order valence-electron chi connectivity index (χ0n) is 17.1. The molecule has 4 rings (SSSR count). The Bertz CT molecular complexity index is 1210. The van der Waals surface area contributed by atoms with Crippen LogP contribution in [-0.2, 0) is 10.0 Å². The largest absolute Gasteiger partial charge is 0.336 e. The van der Waals surface area contributed by atoms with Crippen molar-refractivity contribution >= 4 is 33.6 Å². The molecule has 0 atom stereocenters. The van der Waals surface area contributed by atoms with Crippen LogP contribution in [0.5, 0.6) is 0 Å². The summed E-state index contributed by atoms with van der Waals surface area (Å²) in [6, 6.07) is 14.5.